The molecule has 0 saturated carbocycles. The highest BCUT2D eigenvalue weighted by molar-refractivity contribution is 5.95. The molecule has 0 spiro atoms. The molecule has 2 aromatic carbocycles. The Hall–Kier alpha value is -3.02. The van der Waals surface area contributed by atoms with Crippen molar-refractivity contribution in [3.05, 3.63) is 53.6 Å². The summed E-state index contributed by atoms with van der Waals surface area (Å²) < 4.78 is 10.5. The maximum absolute atomic E-state index is 12.3. The van der Waals surface area contributed by atoms with Gasteiger partial charge in [-0.25, -0.2) is 0 Å². The van der Waals surface area contributed by atoms with Crippen LogP contribution < -0.4 is 19.7 Å². The third-order valence-electron chi connectivity index (χ3n) is 4.63. The number of ether oxygens (including phenoxy) is 2. The molecule has 1 heterocycles. The van der Waals surface area contributed by atoms with Crippen LogP contribution in [-0.2, 0) is 22.6 Å². The smallest absolute Gasteiger partial charge is 0.227 e. The van der Waals surface area contributed by atoms with Gasteiger partial charge in [0.05, 0.1) is 20.6 Å². The lowest BCUT2D eigenvalue weighted by Crippen LogP contribution is -2.26. The highest BCUT2D eigenvalue weighted by atomic mass is 16.5. The molecule has 1 N–H and O–H groups in total. The van der Waals surface area contributed by atoms with E-state index in [2.05, 4.69) is 5.32 Å². The lowest BCUT2D eigenvalue weighted by atomic mass is 10.1. The van der Waals surface area contributed by atoms with Gasteiger partial charge in [0.15, 0.2) is 0 Å². The molecule has 142 valence electrons. The van der Waals surface area contributed by atoms with Crippen LogP contribution in [0.3, 0.4) is 0 Å². The van der Waals surface area contributed by atoms with Gasteiger partial charge in [-0.1, -0.05) is 18.2 Å². The first kappa shape index (κ1) is 18.8. The van der Waals surface area contributed by atoms with E-state index in [1.807, 2.05) is 36.4 Å². The van der Waals surface area contributed by atoms with E-state index in [4.69, 9.17) is 9.47 Å². The Labute approximate surface area is 159 Å². The van der Waals surface area contributed by atoms with Crippen molar-refractivity contribution < 1.29 is 19.1 Å². The molecule has 0 aromatic heterocycles. The van der Waals surface area contributed by atoms with Crippen molar-refractivity contribution in [2.24, 2.45) is 0 Å². The Morgan fingerprint density at radius 3 is 2.70 bits per heavy atom. The lowest BCUT2D eigenvalue weighted by molar-refractivity contribution is -0.120. The first-order valence-corrected chi connectivity index (χ1v) is 8.97. The van der Waals surface area contributed by atoms with Crippen LogP contribution in [0.1, 0.15) is 24.0 Å². The number of nitrogens with one attached hydrogen (secondary N) is 1. The number of methoxy groups -OCH3 is 2. The molecule has 1 aliphatic heterocycles. The number of hydrogen-bond acceptors (Lipinski definition) is 4. The van der Waals surface area contributed by atoms with Gasteiger partial charge in [-0.15, -0.1) is 0 Å². The Morgan fingerprint density at radius 1 is 1.15 bits per heavy atom. The Bertz CT molecular complexity index is 835. The SMILES string of the molecule is COc1ccc(CC(=O)NCc2cccc(N3CCCC3=O)c2)c(OC)c1. The lowest BCUT2D eigenvalue weighted by Gasteiger charge is -2.17. The number of anilines is 1. The van der Waals surface area contributed by atoms with Gasteiger partial charge >= 0.3 is 0 Å². The topological polar surface area (TPSA) is 67.9 Å². The van der Waals surface area contributed by atoms with Crippen LogP contribution in [0.4, 0.5) is 5.69 Å². The van der Waals surface area contributed by atoms with Gasteiger partial charge in [0, 0.05) is 36.8 Å². The molecule has 27 heavy (non-hydrogen) atoms. The molecule has 2 amide bonds. The van der Waals surface area contributed by atoms with Crippen molar-refractivity contribution in [1.29, 1.82) is 0 Å². The molecule has 0 bridgehead atoms. The summed E-state index contributed by atoms with van der Waals surface area (Å²) >= 11 is 0. The number of nitrogens with zero attached hydrogens (tertiary/aromatic N) is 1. The van der Waals surface area contributed by atoms with Gasteiger partial charge in [0.2, 0.25) is 11.8 Å². The summed E-state index contributed by atoms with van der Waals surface area (Å²) in [5.41, 5.74) is 2.65. The molecule has 6 nitrogen and oxygen atoms in total. The van der Waals surface area contributed by atoms with E-state index in [0.717, 1.165) is 29.8 Å². The van der Waals surface area contributed by atoms with E-state index >= 15 is 0 Å². The Kier molecular flexibility index (Phi) is 5.96. The van der Waals surface area contributed by atoms with Gasteiger partial charge in [-0.05, 0) is 30.2 Å². The molecule has 1 aliphatic rings. The van der Waals surface area contributed by atoms with Crippen LogP contribution in [0.5, 0.6) is 11.5 Å². The zero-order valence-corrected chi connectivity index (χ0v) is 15.7. The zero-order valence-electron chi connectivity index (χ0n) is 15.7. The van der Waals surface area contributed by atoms with Crippen molar-refractivity contribution in [2.45, 2.75) is 25.8 Å². The second kappa shape index (κ2) is 8.58. The molecule has 0 unspecified atom stereocenters. The average Bonchev–Trinajstić information content (AvgIpc) is 3.13. The van der Waals surface area contributed by atoms with Crippen molar-refractivity contribution >= 4 is 17.5 Å². The first-order chi connectivity index (χ1) is 13.1. The summed E-state index contributed by atoms with van der Waals surface area (Å²) in [4.78, 5) is 26.0. The summed E-state index contributed by atoms with van der Waals surface area (Å²) in [6, 6.07) is 13.1. The molecular formula is C21H24N2O4. The second-order valence-electron chi connectivity index (χ2n) is 6.45. The van der Waals surface area contributed by atoms with Crippen LogP contribution in [0, 0.1) is 0 Å². The summed E-state index contributed by atoms with van der Waals surface area (Å²) in [5, 5.41) is 2.93. The average molecular weight is 368 g/mol. The van der Waals surface area contributed by atoms with Gasteiger partial charge < -0.3 is 19.7 Å². The molecule has 0 atom stereocenters. The number of carbonyl (C=O) groups excluding carboxylic acids is 2. The minimum absolute atomic E-state index is 0.0962. The van der Waals surface area contributed by atoms with Crippen LogP contribution in [0.2, 0.25) is 0 Å². The number of carbonyl (C=O) groups is 2. The fraction of sp³-hybridized carbons (Fsp3) is 0.333. The maximum Gasteiger partial charge on any atom is 0.227 e. The van der Waals surface area contributed by atoms with Crippen molar-refractivity contribution in [2.75, 3.05) is 25.7 Å². The molecule has 2 aromatic rings. The van der Waals surface area contributed by atoms with E-state index in [1.54, 1.807) is 25.2 Å². The predicted molar refractivity (Wildman–Crippen MR) is 103 cm³/mol. The predicted octanol–water partition coefficient (Wildman–Crippen LogP) is 2.69. The van der Waals surface area contributed by atoms with E-state index in [-0.39, 0.29) is 18.2 Å². The largest absolute Gasteiger partial charge is 0.497 e. The van der Waals surface area contributed by atoms with Crippen molar-refractivity contribution in [1.82, 2.24) is 5.32 Å². The molecule has 3 rings (SSSR count). The summed E-state index contributed by atoms with van der Waals surface area (Å²) in [6.07, 6.45) is 1.71. The van der Waals surface area contributed by atoms with Crippen LogP contribution in [-0.4, -0.2) is 32.6 Å². The number of rotatable bonds is 7. The highest BCUT2D eigenvalue weighted by Gasteiger charge is 2.21. The second-order valence-corrected chi connectivity index (χ2v) is 6.45. The zero-order chi connectivity index (χ0) is 19.2. The monoisotopic (exact) mass is 368 g/mol. The molecule has 1 saturated heterocycles. The van der Waals surface area contributed by atoms with Gasteiger partial charge in [-0.3, -0.25) is 9.59 Å². The fourth-order valence-electron chi connectivity index (χ4n) is 3.19. The van der Waals surface area contributed by atoms with Crippen LogP contribution in [0.25, 0.3) is 0 Å². The van der Waals surface area contributed by atoms with E-state index in [0.29, 0.717) is 24.5 Å². The molecule has 1 fully saturated rings. The molecular weight excluding hydrogens is 344 g/mol. The fourth-order valence-corrected chi connectivity index (χ4v) is 3.19. The first-order valence-electron chi connectivity index (χ1n) is 8.97. The maximum atomic E-state index is 12.3. The molecule has 6 heteroatoms. The molecule has 0 aliphatic carbocycles. The normalized spacial score (nSPS) is 13.6. The molecule has 0 radical (unpaired) electrons. The summed E-state index contributed by atoms with van der Waals surface area (Å²) in [6.45, 7) is 1.17. The van der Waals surface area contributed by atoms with Crippen LogP contribution in [0.15, 0.2) is 42.5 Å². The minimum atomic E-state index is -0.0962. The standard InChI is InChI=1S/C21H24N2O4/c1-26-18-9-8-16(19(13-18)27-2)12-20(24)22-14-15-5-3-6-17(11-15)23-10-4-7-21(23)25/h3,5-6,8-9,11,13H,4,7,10,12,14H2,1-2H3,(H,22,24). The third kappa shape index (κ3) is 4.58. The highest BCUT2D eigenvalue weighted by Crippen LogP contribution is 2.25. The van der Waals surface area contributed by atoms with Gasteiger partial charge in [-0.2, -0.15) is 0 Å². The van der Waals surface area contributed by atoms with E-state index in [1.165, 1.54) is 0 Å². The third-order valence-corrected chi connectivity index (χ3v) is 4.63. The summed E-state index contributed by atoms with van der Waals surface area (Å²) in [5.74, 6) is 1.37. The van der Waals surface area contributed by atoms with Crippen molar-refractivity contribution in [3.8, 4) is 11.5 Å². The Balaban J connectivity index is 1.60. The number of benzene rings is 2. The van der Waals surface area contributed by atoms with Crippen LogP contribution >= 0.6 is 0 Å². The van der Waals surface area contributed by atoms with Gasteiger partial charge in [0.1, 0.15) is 11.5 Å². The van der Waals surface area contributed by atoms with E-state index < -0.39 is 0 Å². The quantitative estimate of drug-likeness (QED) is 0.816. The van der Waals surface area contributed by atoms with Crippen molar-refractivity contribution in [3.63, 3.8) is 0 Å². The minimum Gasteiger partial charge on any atom is -0.497 e. The number of hydrogen-bond donors (Lipinski definition) is 1. The Morgan fingerprint density at radius 2 is 2.00 bits per heavy atom. The summed E-state index contributed by atoms with van der Waals surface area (Å²) in [7, 11) is 3.16. The number of amides is 2. The van der Waals surface area contributed by atoms with E-state index in [9.17, 15) is 9.59 Å². The van der Waals surface area contributed by atoms with Gasteiger partial charge in [0.25, 0.3) is 0 Å².